The number of hydrogen-bond acceptors (Lipinski definition) is 4. The molecule has 5 heteroatoms. The smallest absolute Gasteiger partial charge is 0.230 e. The Morgan fingerprint density at radius 3 is 3.12 bits per heavy atom. The van der Waals surface area contributed by atoms with Crippen molar-refractivity contribution in [2.24, 2.45) is 5.41 Å². The summed E-state index contributed by atoms with van der Waals surface area (Å²) in [6.45, 7) is 5.41. The molecule has 0 aliphatic carbocycles. The Kier molecular flexibility index (Phi) is 2.67. The Labute approximate surface area is 105 Å². The summed E-state index contributed by atoms with van der Waals surface area (Å²) in [6, 6.07) is 0. The van der Waals surface area contributed by atoms with Crippen molar-refractivity contribution in [1.29, 1.82) is 0 Å². The van der Waals surface area contributed by atoms with E-state index < -0.39 is 0 Å². The van der Waals surface area contributed by atoms with Crippen molar-refractivity contribution in [3.8, 4) is 0 Å². The summed E-state index contributed by atoms with van der Waals surface area (Å²) in [5.74, 6) is 0.327. The first-order chi connectivity index (χ1) is 8.20. The van der Waals surface area contributed by atoms with Crippen molar-refractivity contribution in [1.82, 2.24) is 15.2 Å². The highest BCUT2D eigenvalue weighted by molar-refractivity contribution is 7.09. The molecule has 1 spiro atoms. The average molecular weight is 251 g/mol. The number of aromatic nitrogens is 1. The molecule has 1 aromatic heterocycles. The van der Waals surface area contributed by atoms with Crippen LogP contribution in [0, 0.1) is 12.3 Å². The van der Waals surface area contributed by atoms with E-state index in [1.807, 2.05) is 11.8 Å². The number of likely N-dealkylation sites (tertiary alicyclic amines) is 1. The van der Waals surface area contributed by atoms with Gasteiger partial charge < -0.3 is 10.2 Å². The van der Waals surface area contributed by atoms with Gasteiger partial charge in [-0.05, 0) is 26.3 Å². The van der Waals surface area contributed by atoms with Gasteiger partial charge in [0, 0.05) is 18.5 Å². The van der Waals surface area contributed by atoms with Crippen molar-refractivity contribution in [3.05, 3.63) is 16.1 Å². The van der Waals surface area contributed by atoms with Gasteiger partial charge in [-0.2, -0.15) is 0 Å². The molecule has 2 aliphatic rings. The van der Waals surface area contributed by atoms with Gasteiger partial charge in [-0.25, -0.2) is 4.98 Å². The van der Waals surface area contributed by atoms with E-state index in [-0.39, 0.29) is 5.41 Å². The molecule has 0 saturated carbocycles. The third kappa shape index (κ3) is 1.87. The van der Waals surface area contributed by atoms with Crippen LogP contribution in [0.25, 0.3) is 0 Å². The van der Waals surface area contributed by atoms with Crippen molar-refractivity contribution in [2.75, 3.05) is 19.6 Å². The lowest BCUT2D eigenvalue weighted by Gasteiger charge is -2.21. The van der Waals surface area contributed by atoms with Crippen LogP contribution in [-0.4, -0.2) is 35.4 Å². The van der Waals surface area contributed by atoms with Crippen LogP contribution in [0.4, 0.5) is 0 Å². The van der Waals surface area contributed by atoms with E-state index in [0.717, 1.165) is 43.2 Å². The van der Waals surface area contributed by atoms with E-state index in [1.54, 1.807) is 11.3 Å². The Morgan fingerprint density at radius 2 is 2.47 bits per heavy atom. The lowest BCUT2D eigenvalue weighted by Crippen LogP contribution is -2.35. The zero-order valence-corrected chi connectivity index (χ0v) is 10.8. The number of amides is 1. The Balaban J connectivity index is 1.72. The number of carbonyl (C=O) groups is 1. The lowest BCUT2D eigenvalue weighted by atomic mass is 9.86. The predicted octanol–water partition coefficient (Wildman–Crippen LogP) is 1.16. The Hall–Kier alpha value is -0.940. The molecule has 2 aliphatic heterocycles. The minimum Gasteiger partial charge on any atom is -0.336 e. The van der Waals surface area contributed by atoms with Crippen LogP contribution in [0.5, 0.6) is 0 Å². The molecule has 1 atom stereocenters. The van der Waals surface area contributed by atoms with E-state index in [4.69, 9.17) is 0 Å². The number of nitrogens with zero attached hydrogens (tertiary/aromatic N) is 2. The van der Waals surface area contributed by atoms with E-state index in [1.165, 1.54) is 0 Å². The summed E-state index contributed by atoms with van der Waals surface area (Å²) in [4.78, 5) is 18.8. The van der Waals surface area contributed by atoms with Crippen LogP contribution >= 0.6 is 11.3 Å². The molecule has 17 heavy (non-hydrogen) atoms. The first kappa shape index (κ1) is 11.2. The van der Waals surface area contributed by atoms with Crippen LogP contribution in [0.3, 0.4) is 0 Å². The summed E-state index contributed by atoms with van der Waals surface area (Å²) in [5, 5.41) is 6.44. The molecule has 1 aromatic rings. The molecule has 2 saturated heterocycles. The molecule has 1 N–H and O–H groups in total. The van der Waals surface area contributed by atoms with Gasteiger partial charge in [0.1, 0.15) is 0 Å². The fourth-order valence-corrected chi connectivity index (χ4v) is 3.46. The molecule has 1 amide bonds. The minimum atomic E-state index is -0.0922. The van der Waals surface area contributed by atoms with Gasteiger partial charge in [0.25, 0.3) is 0 Å². The van der Waals surface area contributed by atoms with Crippen LogP contribution in [-0.2, 0) is 11.3 Å². The van der Waals surface area contributed by atoms with E-state index in [2.05, 4.69) is 15.7 Å². The number of hydrogen-bond donors (Lipinski definition) is 1. The number of aryl methyl sites for hydroxylation is 1. The summed E-state index contributed by atoms with van der Waals surface area (Å²) >= 11 is 1.65. The number of nitrogens with one attached hydrogen (secondary N) is 1. The largest absolute Gasteiger partial charge is 0.336 e. The molecule has 2 fully saturated rings. The van der Waals surface area contributed by atoms with Gasteiger partial charge in [-0.3, -0.25) is 4.79 Å². The highest BCUT2D eigenvalue weighted by atomic mass is 32.1. The number of carbonyl (C=O) groups excluding carboxylic acids is 1. The molecule has 0 bridgehead atoms. The van der Waals surface area contributed by atoms with Gasteiger partial charge in [-0.1, -0.05) is 0 Å². The van der Waals surface area contributed by atoms with Crippen LogP contribution in [0.2, 0.25) is 0 Å². The van der Waals surface area contributed by atoms with Crippen LogP contribution in [0.1, 0.15) is 23.5 Å². The Bertz CT molecular complexity index is 437. The monoisotopic (exact) mass is 251 g/mol. The van der Waals surface area contributed by atoms with Crippen LogP contribution < -0.4 is 5.32 Å². The van der Waals surface area contributed by atoms with Crippen molar-refractivity contribution in [2.45, 2.75) is 26.3 Å². The maximum absolute atomic E-state index is 12.4. The van der Waals surface area contributed by atoms with Gasteiger partial charge in [-0.15, -0.1) is 11.3 Å². The summed E-state index contributed by atoms with van der Waals surface area (Å²) in [5.41, 5.74) is 0.939. The van der Waals surface area contributed by atoms with Gasteiger partial charge in [0.15, 0.2) is 0 Å². The van der Waals surface area contributed by atoms with Crippen molar-refractivity contribution < 1.29 is 4.79 Å². The normalized spacial score (nSPS) is 28.5. The molecule has 3 heterocycles. The molecule has 3 rings (SSSR count). The number of rotatable bonds is 2. The summed E-state index contributed by atoms with van der Waals surface area (Å²) in [7, 11) is 0. The lowest BCUT2D eigenvalue weighted by molar-refractivity contribution is -0.135. The molecular weight excluding hydrogens is 234 g/mol. The van der Waals surface area contributed by atoms with E-state index in [9.17, 15) is 4.79 Å². The molecule has 92 valence electrons. The van der Waals surface area contributed by atoms with Gasteiger partial charge in [0.05, 0.1) is 22.7 Å². The molecule has 1 unspecified atom stereocenters. The number of thiazole rings is 1. The average Bonchev–Trinajstić information content (AvgIpc) is 2.99. The zero-order chi connectivity index (χ0) is 11.9. The molecule has 4 nitrogen and oxygen atoms in total. The highest BCUT2D eigenvalue weighted by Crippen LogP contribution is 2.37. The predicted molar refractivity (Wildman–Crippen MR) is 66.8 cm³/mol. The summed E-state index contributed by atoms with van der Waals surface area (Å²) < 4.78 is 0. The second kappa shape index (κ2) is 4.07. The second-order valence-corrected chi connectivity index (χ2v) is 6.10. The third-order valence-electron chi connectivity index (χ3n) is 3.86. The molecular formula is C12H17N3OS. The molecule has 0 aromatic carbocycles. The first-order valence-corrected chi connectivity index (χ1v) is 6.99. The van der Waals surface area contributed by atoms with Crippen molar-refractivity contribution in [3.63, 3.8) is 0 Å². The quantitative estimate of drug-likeness (QED) is 0.858. The van der Waals surface area contributed by atoms with Gasteiger partial charge >= 0.3 is 0 Å². The fraction of sp³-hybridized carbons (Fsp3) is 0.667. The Morgan fingerprint density at radius 1 is 1.59 bits per heavy atom. The maximum atomic E-state index is 12.4. The van der Waals surface area contributed by atoms with Gasteiger partial charge in [0.2, 0.25) is 5.91 Å². The van der Waals surface area contributed by atoms with E-state index in [0.29, 0.717) is 12.5 Å². The zero-order valence-electron chi connectivity index (χ0n) is 10.0. The standard InChI is InChI=1S/C12H17N3OS/c1-9-14-10(7-17-9)6-15-5-3-12(11(15)16)2-4-13-8-12/h7,13H,2-6,8H2,1H3. The highest BCUT2D eigenvalue weighted by Gasteiger charge is 2.48. The third-order valence-corrected chi connectivity index (χ3v) is 4.69. The van der Waals surface area contributed by atoms with Crippen molar-refractivity contribution >= 4 is 17.2 Å². The summed E-state index contributed by atoms with van der Waals surface area (Å²) in [6.07, 6.45) is 2.00. The van der Waals surface area contributed by atoms with Crippen LogP contribution in [0.15, 0.2) is 5.38 Å². The SMILES string of the molecule is Cc1nc(CN2CCC3(CCNC3)C2=O)cs1. The first-order valence-electron chi connectivity index (χ1n) is 6.11. The minimum absolute atomic E-state index is 0.0922. The molecule has 0 radical (unpaired) electrons. The topological polar surface area (TPSA) is 45.2 Å². The second-order valence-electron chi connectivity index (χ2n) is 5.04. The maximum Gasteiger partial charge on any atom is 0.230 e. The van der Waals surface area contributed by atoms with E-state index >= 15 is 0 Å². The fourth-order valence-electron chi connectivity index (χ4n) is 2.86.